The number of carbonyl (C=O) groups excluding carboxylic acids is 1. The van der Waals surface area contributed by atoms with Crippen LogP contribution in [0.5, 0.6) is 0 Å². The molecule has 0 aromatic rings. The minimum atomic E-state index is 0.166. The van der Waals surface area contributed by atoms with E-state index in [0.717, 1.165) is 18.5 Å². The number of allylic oxidation sites excluding steroid dienone is 2. The predicted molar refractivity (Wildman–Crippen MR) is 49.6 cm³/mol. The molecule has 1 aliphatic heterocycles. The molecule has 0 aromatic heterocycles. The van der Waals surface area contributed by atoms with Gasteiger partial charge < -0.3 is 4.90 Å². The van der Waals surface area contributed by atoms with E-state index in [1.54, 1.807) is 6.92 Å². The molecule has 1 heterocycles. The van der Waals surface area contributed by atoms with E-state index < -0.39 is 0 Å². The minimum absolute atomic E-state index is 0.166. The van der Waals surface area contributed by atoms with Crippen molar-refractivity contribution >= 4 is 5.91 Å². The first kappa shape index (κ1) is 9.30. The van der Waals surface area contributed by atoms with Crippen molar-refractivity contribution in [3.8, 4) is 0 Å². The molecule has 0 aromatic carbocycles. The van der Waals surface area contributed by atoms with Crippen LogP contribution in [0.2, 0.25) is 0 Å². The Bertz CT molecular complexity index is 230. The van der Waals surface area contributed by atoms with E-state index in [1.807, 2.05) is 11.8 Å². The monoisotopic (exact) mass is 167 g/mol. The topological polar surface area (TPSA) is 20.3 Å². The van der Waals surface area contributed by atoms with Gasteiger partial charge in [-0.25, -0.2) is 0 Å². The van der Waals surface area contributed by atoms with Gasteiger partial charge in [-0.1, -0.05) is 5.57 Å². The van der Waals surface area contributed by atoms with Crippen molar-refractivity contribution in [3.63, 3.8) is 0 Å². The first-order chi connectivity index (χ1) is 5.54. The Labute approximate surface area is 74.2 Å². The molecule has 0 spiro atoms. The zero-order valence-corrected chi connectivity index (χ0v) is 8.35. The molecule has 2 heteroatoms. The van der Waals surface area contributed by atoms with Gasteiger partial charge >= 0.3 is 0 Å². The van der Waals surface area contributed by atoms with Gasteiger partial charge in [-0.05, 0) is 33.6 Å². The van der Waals surface area contributed by atoms with Gasteiger partial charge in [0.1, 0.15) is 0 Å². The van der Waals surface area contributed by atoms with Crippen LogP contribution in [0, 0.1) is 0 Å². The average molecular weight is 167 g/mol. The van der Waals surface area contributed by atoms with Crippen molar-refractivity contribution in [1.82, 2.24) is 4.90 Å². The number of nitrogens with zero attached hydrogens (tertiary/aromatic N) is 1. The summed E-state index contributed by atoms with van der Waals surface area (Å²) in [6.07, 6.45) is 2.24. The SMILES string of the molecule is CC(=O)N1C(C)=C(C)CCC1C. The number of hydrogen-bond donors (Lipinski definition) is 0. The highest BCUT2D eigenvalue weighted by Gasteiger charge is 2.23. The third kappa shape index (κ3) is 1.52. The second kappa shape index (κ2) is 3.30. The highest BCUT2D eigenvalue weighted by molar-refractivity contribution is 5.76. The van der Waals surface area contributed by atoms with Crippen LogP contribution in [0.4, 0.5) is 0 Å². The van der Waals surface area contributed by atoms with Crippen molar-refractivity contribution in [2.45, 2.75) is 46.6 Å². The molecule has 0 N–H and O–H groups in total. The number of carbonyl (C=O) groups is 1. The number of amides is 1. The highest BCUT2D eigenvalue weighted by Crippen LogP contribution is 2.25. The lowest BCUT2D eigenvalue weighted by Gasteiger charge is -2.34. The fourth-order valence-electron chi connectivity index (χ4n) is 1.82. The predicted octanol–water partition coefficient (Wildman–Crippen LogP) is 2.31. The summed E-state index contributed by atoms with van der Waals surface area (Å²) >= 11 is 0. The number of hydrogen-bond acceptors (Lipinski definition) is 1. The van der Waals surface area contributed by atoms with Crippen molar-refractivity contribution in [3.05, 3.63) is 11.3 Å². The Hall–Kier alpha value is -0.790. The van der Waals surface area contributed by atoms with Gasteiger partial charge in [0, 0.05) is 18.7 Å². The summed E-state index contributed by atoms with van der Waals surface area (Å²) in [5, 5.41) is 0. The fourth-order valence-corrected chi connectivity index (χ4v) is 1.82. The summed E-state index contributed by atoms with van der Waals surface area (Å²) < 4.78 is 0. The molecule has 0 fully saturated rings. The van der Waals surface area contributed by atoms with Crippen LogP contribution in [-0.2, 0) is 4.79 Å². The van der Waals surface area contributed by atoms with E-state index in [-0.39, 0.29) is 5.91 Å². The molecule has 0 radical (unpaired) electrons. The third-order valence-electron chi connectivity index (χ3n) is 2.70. The molecule has 1 unspecified atom stereocenters. The molecular weight excluding hydrogens is 150 g/mol. The standard InChI is InChI=1S/C10H17NO/c1-7-5-6-8(2)11(9(7)3)10(4)12/h8H,5-6H2,1-4H3. The van der Waals surface area contributed by atoms with E-state index in [1.165, 1.54) is 5.57 Å². The molecule has 0 saturated heterocycles. The van der Waals surface area contributed by atoms with Crippen LogP contribution < -0.4 is 0 Å². The van der Waals surface area contributed by atoms with Crippen LogP contribution >= 0.6 is 0 Å². The quantitative estimate of drug-likeness (QED) is 0.542. The summed E-state index contributed by atoms with van der Waals surface area (Å²) in [5.74, 6) is 0.166. The smallest absolute Gasteiger partial charge is 0.223 e. The van der Waals surface area contributed by atoms with Crippen LogP contribution in [-0.4, -0.2) is 16.8 Å². The zero-order valence-electron chi connectivity index (χ0n) is 8.35. The molecule has 1 amide bonds. The van der Waals surface area contributed by atoms with E-state index in [2.05, 4.69) is 13.8 Å². The normalized spacial score (nSPS) is 24.7. The lowest BCUT2D eigenvalue weighted by Crippen LogP contribution is -2.38. The maximum atomic E-state index is 11.3. The molecule has 0 saturated carbocycles. The van der Waals surface area contributed by atoms with Crippen LogP contribution in [0.3, 0.4) is 0 Å². The average Bonchev–Trinajstić information content (AvgIpc) is 1.97. The Balaban J connectivity index is 2.94. The Morgan fingerprint density at radius 1 is 1.50 bits per heavy atom. The molecule has 0 bridgehead atoms. The summed E-state index contributed by atoms with van der Waals surface area (Å²) in [6, 6.07) is 0.381. The van der Waals surface area contributed by atoms with Gasteiger partial charge in [0.2, 0.25) is 5.91 Å². The molecule has 1 aliphatic rings. The maximum absolute atomic E-state index is 11.3. The fraction of sp³-hybridized carbons (Fsp3) is 0.700. The first-order valence-electron chi connectivity index (χ1n) is 4.50. The van der Waals surface area contributed by atoms with Crippen molar-refractivity contribution in [1.29, 1.82) is 0 Å². The molecule has 12 heavy (non-hydrogen) atoms. The molecule has 1 rings (SSSR count). The third-order valence-corrected chi connectivity index (χ3v) is 2.70. The molecule has 0 aliphatic carbocycles. The second-order valence-electron chi connectivity index (χ2n) is 3.64. The Morgan fingerprint density at radius 3 is 2.50 bits per heavy atom. The molecule has 2 nitrogen and oxygen atoms in total. The van der Waals surface area contributed by atoms with Crippen LogP contribution in [0.15, 0.2) is 11.3 Å². The van der Waals surface area contributed by atoms with Gasteiger partial charge in [0.15, 0.2) is 0 Å². The summed E-state index contributed by atoms with van der Waals surface area (Å²) in [5.41, 5.74) is 2.50. The van der Waals surface area contributed by atoms with Gasteiger partial charge in [-0.15, -0.1) is 0 Å². The Morgan fingerprint density at radius 2 is 2.08 bits per heavy atom. The van der Waals surface area contributed by atoms with E-state index in [0.29, 0.717) is 6.04 Å². The van der Waals surface area contributed by atoms with E-state index >= 15 is 0 Å². The summed E-state index contributed by atoms with van der Waals surface area (Å²) in [6.45, 7) is 7.89. The van der Waals surface area contributed by atoms with Crippen molar-refractivity contribution < 1.29 is 4.79 Å². The molecule has 1 atom stereocenters. The minimum Gasteiger partial charge on any atom is -0.314 e. The van der Waals surface area contributed by atoms with Gasteiger partial charge in [0.25, 0.3) is 0 Å². The van der Waals surface area contributed by atoms with E-state index in [9.17, 15) is 4.79 Å². The lowest BCUT2D eigenvalue weighted by molar-refractivity contribution is -0.129. The van der Waals surface area contributed by atoms with Crippen molar-refractivity contribution in [2.75, 3.05) is 0 Å². The number of rotatable bonds is 0. The zero-order chi connectivity index (χ0) is 9.30. The Kier molecular flexibility index (Phi) is 2.55. The van der Waals surface area contributed by atoms with Gasteiger partial charge in [-0.3, -0.25) is 4.79 Å². The maximum Gasteiger partial charge on any atom is 0.223 e. The van der Waals surface area contributed by atoms with Crippen LogP contribution in [0.25, 0.3) is 0 Å². The largest absolute Gasteiger partial charge is 0.314 e. The molecule has 68 valence electrons. The molecular formula is C10H17NO. The van der Waals surface area contributed by atoms with Crippen molar-refractivity contribution in [2.24, 2.45) is 0 Å². The lowest BCUT2D eigenvalue weighted by atomic mass is 9.98. The summed E-state index contributed by atoms with van der Waals surface area (Å²) in [4.78, 5) is 13.2. The van der Waals surface area contributed by atoms with Gasteiger partial charge in [0.05, 0.1) is 0 Å². The van der Waals surface area contributed by atoms with E-state index in [4.69, 9.17) is 0 Å². The van der Waals surface area contributed by atoms with Gasteiger partial charge in [-0.2, -0.15) is 0 Å². The second-order valence-corrected chi connectivity index (χ2v) is 3.64. The summed E-state index contributed by atoms with van der Waals surface area (Å²) in [7, 11) is 0. The first-order valence-corrected chi connectivity index (χ1v) is 4.50. The highest BCUT2D eigenvalue weighted by atomic mass is 16.2. The van der Waals surface area contributed by atoms with Crippen LogP contribution in [0.1, 0.15) is 40.5 Å².